The molecule has 0 aromatic heterocycles. The smallest absolute Gasteiger partial charge is 0.162 e. The van der Waals surface area contributed by atoms with Crippen LogP contribution in [-0.2, 0) is 0 Å². The number of hydrogen-bond acceptors (Lipinski definition) is 0. The minimum Gasteiger partial charge on any atom is -0.204 e. The average molecular weight is 276 g/mol. The van der Waals surface area contributed by atoms with E-state index in [4.69, 9.17) is 0 Å². The molecule has 2 aromatic rings. The van der Waals surface area contributed by atoms with Gasteiger partial charge in [0.1, 0.15) is 0 Å². The highest BCUT2D eigenvalue weighted by molar-refractivity contribution is 5.21. The van der Waals surface area contributed by atoms with Gasteiger partial charge in [0.2, 0.25) is 0 Å². The van der Waals surface area contributed by atoms with Gasteiger partial charge in [0, 0.05) is 0 Å². The summed E-state index contributed by atoms with van der Waals surface area (Å²) in [7, 11) is 0. The zero-order valence-corrected chi connectivity index (χ0v) is 12.5. The van der Waals surface area contributed by atoms with Crippen LogP contribution in [0.4, 0.5) is 8.78 Å². The Bertz CT molecular complexity index is 516. The predicted octanol–water partition coefficient (Wildman–Crippen LogP) is 5.90. The van der Waals surface area contributed by atoms with Crippen molar-refractivity contribution in [1.82, 2.24) is 0 Å². The van der Waals surface area contributed by atoms with Crippen molar-refractivity contribution in [2.45, 2.75) is 39.5 Å². The van der Waals surface area contributed by atoms with Gasteiger partial charge in [-0.15, -0.1) is 0 Å². The average Bonchev–Trinajstić information content (AvgIpc) is 2.43. The van der Waals surface area contributed by atoms with Crippen molar-refractivity contribution in [3.63, 3.8) is 0 Å². The summed E-state index contributed by atoms with van der Waals surface area (Å²) >= 11 is 0. The number of hydrogen-bond donors (Lipinski definition) is 0. The van der Waals surface area contributed by atoms with E-state index >= 15 is 0 Å². The van der Waals surface area contributed by atoms with Crippen LogP contribution in [-0.4, -0.2) is 0 Å². The summed E-state index contributed by atoms with van der Waals surface area (Å²) in [6.07, 6.45) is 0. The maximum atomic E-state index is 12.9. The van der Waals surface area contributed by atoms with Crippen LogP contribution in [0.5, 0.6) is 0 Å². The van der Waals surface area contributed by atoms with Gasteiger partial charge < -0.3 is 0 Å². The lowest BCUT2D eigenvalue weighted by Crippen LogP contribution is -1.95. The molecule has 0 saturated heterocycles. The van der Waals surface area contributed by atoms with Crippen LogP contribution in [0.25, 0.3) is 0 Å². The summed E-state index contributed by atoms with van der Waals surface area (Å²) in [5.74, 6) is -0.796. The molecule has 0 nitrogen and oxygen atoms in total. The third kappa shape index (κ3) is 4.76. The molecule has 0 aliphatic carbocycles. The van der Waals surface area contributed by atoms with Gasteiger partial charge in [-0.3, -0.25) is 0 Å². The molecule has 2 heteroatoms. The van der Waals surface area contributed by atoms with Crippen LogP contribution in [0.2, 0.25) is 0 Å². The minimum atomic E-state index is -0.767. The second-order valence-corrected chi connectivity index (χ2v) is 5.36. The molecule has 0 radical (unpaired) electrons. The Labute approximate surface area is 120 Å². The van der Waals surface area contributed by atoms with Gasteiger partial charge in [0.25, 0.3) is 0 Å². The Kier molecular flexibility index (Phi) is 6.37. The summed E-state index contributed by atoms with van der Waals surface area (Å²) in [5.41, 5.74) is 1.85. The highest BCUT2D eigenvalue weighted by atomic mass is 19.2. The molecule has 0 amide bonds. The summed E-state index contributed by atoms with van der Waals surface area (Å²) in [5, 5.41) is 0. The lowest BCUT2D eigenvalue weighted by molar-refractivity contribution is 0.494. The summed E-state index contributed by atoms with van der Waals surface area (Å²) in [6.45, 7) is 8.07. The molecule has 2 aromatic carbocycles. The van der Waals surface area contributed by atoms with Crippen LogP contribution in [0.15, 0.2) is 48.5 Å². The molecule has 20 heavy (non-hydrogen) atoms. The van der Waals surface area contributed by atoms with Crippen molar-refractivity contribution in [3.05, 3.63) is 71.3 Å². The molecular formula is C18H22F2. The van der Waals surface area contributed by atoms with Gasteiger partial charge in [0.15, 0.2) is 11.6 Å². The molecule has 0 aliphatic heterocycles. The minimum absolute atomic E-state index is 0.0331. The van der Waals surface area contributed by atoms with Crippen molar-refractivity contribution in [1.29, 1.82) is 0 Å². The number of rotatable bonds is 2. The van der Waals surface area contributed by atoms with Gasteiger partial charge in [-0.25, -0.2) is 8.78 Å². The Morgan fingerprint density at radius 3 is 1.70 bits per heavy atom. The lowest BCUT2D eigenvalue weighted by Gasteiger charge is -2.05. The zero-order chi connectivity index (χ0) is 15.1. The van der Waals surface area contributed by atoms with Gasteiger partial charge in [0.05, 0.1) is 0 Å². The molecule has 0 bridgehead atoms. The van der Waals surface area contributed by atoms with Gasteiger partial charge >= 0.3 is 0 Å². The van der Waals surface area contributed by atoms with Crippen molar-refractivity contribution < 1.29 is 8.78 Å². The Balaban J connectivity index is 0.000000204. The fourth-order valence-corrected chi connectivity index (χ4v) is 1.80. The maximum absolute atomic E-state index is 12.9. The van der Waals surface area contributed by atoms with Gasteiger partial charge in [-0.2, -0.15) is 0 Å². The molecule has 0 saturated carbocycles. The molecule has 0 N–H and O–H groups in total. The third-order valence-corrected chi connectivity index (χ3v) is 3.07. The van der Waals surface area contributed by atoms with Gasteiger partial charge in [-0.05, 0) is 29.0 Å². The molecule has 0 fully saturated rings. The van der Waals surface area contributed by atoms with Crippen LogP contribution >= 0.6 is 0 Å². The van der Waals surface area contributed by atoms with Crippen molar-refractivity contribution >= 4 is 0 Å². The topological polar surface area (TPSA) is 0 Å². The van der Waals surface area contributed by atoms with E-state index in [1.54, 1.807) is 6.07 Å². The molecule has 0 unspecified atom stereocenters. The first-order valence-electron chi connectivity index (χ1n) is 6.92. The maximum Gasteiger partial charge on any atom is 0.162 e. The SMILES string of the molecule is CC(C)c1cccc(F)c1F.CC(C)c1ccccc1. The molecule has 0 aliphatic rings. The second-order valence-electron chi connectivity index (χ2n) is 5.36. The Morgan fingerprint density at radius 1 is 0.700 bits per heavy atom. The molecule has 0 heterocycles. The normalized spacial score (nSPS) is 10.4. The monoisotopic (exact) mass is 276 g/mol. The van der Waals surface area contributed by atoms with E-state index in [2.05, 4.69) is 38.1 Å². The van der Waals surface area contributed by atoms with Crippen molar-refractivity contribution in [3.8, 4) is 0 Å². The standard InChI is InChI=1S/C9H10F2.C9H12/c1-6(2)7-4-3-5-8(10)9(7)11;1-8(2)9-6-4-3-5-7-9/h3-6H,1-2H3;3-8H,1-2H3. The summed E-state index contributed by atoms with van der Waals surface area (Å²) < 4.78 is 25.4. The van der Waals surface area contributed by atoms with Crippen LogP contribution in [0, 0.1) is 11.6 Å². The lowest BCUT2D eigenvalue weighted by atomic mass is 10.0. The van der Waals surface area contributed by atoms with Gasteiger partial charge in [-0.1, -0.05) is 70.2 Å². The highest BCUT2D eigenvalue weighted by Gasteiger charge is 2.09. The van der Waals surface area contributed by atoms with E-state index in [9.17, 15) is 8.78 Å². The van der Waals surface area contributed by atoms with E-state index in [0.717, 1.165) is 6.07 Å². The molecule has 2 rings (SSSR count). The molecule has 108 valence electrons. The molecular weight excluding hydrogens is 254 g/mol. The van der Waals surface area contributed by atoms with E-state index in [-0.39, 0.29) is 5.92 Å². The first-order valence-corrected chi connectivity index (χ1v) is 6.92. The summed E-state index contributed by atoms with van der Waals surface area (Å²) in [6, 6.07) is 14.8. The number of halogens is 2. The highest BCUT2D eigenvalue weighted by Crippen LogP contribution is 2.19. The van der Waals surface area contributed by atoms with E-state index < -0.39 is 11.6 Å². The molecule has 0 atom stereocenters. The van der Waals surface area contributed by atoms with Crippen LogP contribution in [0.1, 0.15) is 50.7 Å². The molecule has 0 spiro atoms. The van der Waals surface area contributed by atoms with Crippen LogP contribution in [0.3, 0.4) is 0 Å². The summed E-state index contributed by atoms with van der Waals surface area (Å²) in [4.78, 5) is 0. The largest absolute Gasteiger partial charge is 0.204 e. The fraction of sp³-hybridized carbons (Fsp3) is 0.333. The third-order valence-electron chi connectivity index (χ3n) is 3.07. The predicted molar refractivity (Wildman–Crippen MR) is 81.0 cm³/mol. The van der Waals surface area contributed by atoms with E-state index in [0.29, 0.717) is 11.5 Å². The van der Waals surface area contributed by atoms with Crippen LogP contribution < -0.4 is 0 Å². The first kappa shape index (κ1) is 16.4. The van der Waals surface area contributed by atoms with E-state index in [1.807, 2.05) is 19.9 Å². The number of benzene rings is 2. The Morgan fingerprint density at radius 2 is 1.30 bits per heavy atom. The Hall–Kier alpha value is -1.70. The van der Waals surface area contributed by atoms with Crippen molar-refractivity contribution in [2.75, 3.05) is 0 Å². The van der Waals surface area contributed by atoms with E-state index in [1.165, 1.54) is 11.6 Å². The fourth-order valence-electron chi connectivity index (χ4n) is 1.80. The quantitative estimate of drug-likeness (QED) is 0.640. The van der Waals surface area contributed by atoms with Crippen molar-refractivity contribution in [2.24, 2.45) is 0 Å². The first-order chi connectivity index (χ1) is 9.43. The second kappa shape index (κ2) is 7.78. The zero-order valence-electron chi connectivity index (χ0n) is 12.5.